The molecule has 1 aromatic carbocycles. The number of ether oxygens (including phenoxy) is 1. The summed E-state index contributed by atoms with van der Waals surface area (Å²) in [4.78, 5) is 2.38. The third kappa shape index (κ3) is 2.39. The molecule has 0 saturated carbocycles. The highest BCUT2D eigenvalue weighted by Gasteiger charge is 2.28. The lowest BCUT2D eigenvalue weighted by Gasteiger charge is -2.37. The third-order valence-corrected chi connectivity index (χ3v) is 3.82. The average Bonchev–Trinajstić information content (AvgIpc) is 2.85. The Morgan fingerprint density at radius 1 is 1.42 bits per heavy atom. The number of hydrogen-bond acceptors (Lipinski definition) is 4. The van der Waals surface area contributed by atoms with Crippen molar-refractivity contribution in [3.63, 3.8) is 0 Å². The number of hydrogen-bond donors (Lipinski definition) is 1. The summed E-state index contributed by atoms with van der Waals surface area (Å²) in [5, 5.41) is 1.14. The Bertz CT molecular complexity index is 519. The highest BCUT2D eigenvalue weighted by atomic mass is 16.5. The Morgan fingerprint density at radius 3 is 3.00 bits per heavy atom. The molecule has 0 amide bonds. The molecular weight excluding hydrogens is 240 g/mol. The van der Waals surface area contributed by atoms with E-state index in [4.69, 9.17) is 14.9 Å². The number of nitrogens with two attached hydrogens (primary N) is 1. The standard InChI is InChI=1S/C15H20N2O2/c1-11-10-18-7-6-17(11)13(9-16)15-8-12-4-2-3-5-14(12)19-15/h2-5,8,11,13H,6-7,9-10,16H2,1H3. The van der Waals surface area contributed by atoms with Crippen molar-refractivity contribution >= 4 is 11.0 Å². The second-order valence-corrected chi connectivity index (χ2v) is 5.10. The molecule has 0 spiro atoms. The number of rotatable bonds is 3. The van der Waals surface area contributed by atoms with Gasteiger partial charge in [0, 0.05) is 24.5 Å². The topological polar surface area (TPSA) is 51.6 Å². The number of benzene rings is 1. The molecule has 0 aliphatic carbocycles. The lowest BCUT2D eigenvalue weighted by atomic mass is 10.1. The summed E-state index contributed by atoms with van der Waals surface area (Å²) < 4.78 is 11.4. The van der Waals surface area contributed by atoms with Crippen molar-refractivity contribution in [2.75, 3.05) is 26.3 Å². The Kier molecular flexibility index (Phi) is 3.55. The molecule has 19 heavy (non-hydrogen) atoms. The molecule has 4 heteroatoms. The number of nitrogens with zero attached hydrogens (tertiary/aromatic N) is 1. The summed E-state index contributed by atoms with van der Waals surface area (Å²) in [5.74, 6) is 0.956. The minimum absolute atomic E-state index is 0.131. The van der Waals surface area contributed by atoms with Gasteiger partial charge in [0.25, 0.3) is 0 Å². The van der Waals surface area contributed by atoms with Gasteiger partial charge >= 0.3 is 0 Å². The molecule has 3 rings (SSSR count). The molecule has 102 valence electrons. The van der Waals surface area contributed by atoms with Crippen molar-refractivity contribution in [2.45, 2.75) is 19.0 Å². The number of morpholine rings is 1. The van der Waals surface area contributed by atoms with Crippen LogP contribution in [0.2, 0.25) is 0 Å². The first kappa shape index (κ1) is 12.7. The monoisotopic (exact) mass is 260 g/mol. The van der Waals surface area contributed by atoms with Crippen LogP contribution in [-0.2, 0) is 4.74 Å². The molecule has 2 heterocycles. The Morgan fingerprint density at radius 2 is 2.26 bits per heavy atom. The second kappa shape index (κ2) is 5.33. The zero-order valence-electron chi connectivity index (χ0n) is 11.2. The van der Waals surface area contributed by atoms with Crippen molar-refractivity contribution in [1.29, 1.82) is 0 Å². The highest BCUT2D eigenvalue weighted by Crippen LogP contribution is 2.29. The molecule has 1 fully saturated rings. The van der Waals surface area contributed by atoms with E-state index in [-0.39, 0.29) is 6.04 Å². The van der Waals surface area contributed by atoms with E-state index in [9.17, 15) is 0 Å². The number of para-hydroxylation sites is 1. The molecule has 1 aliphatic rings. The van der Waals surface area contributed by atoms with Gasteiger partial charge in [-0.2, -0.15) is 0 Å². The molecular formula is C15H20N2O2. The zero-order valence-corrected chi connectivity index (χ0v) is 11.2. The van der Waals surface area contributed by atoms with Crippen LogP contribution in [-0.4, -0.2) is 37.2 Å². The average molecular weight is 260 g/mol. The lowest BCUT2D eigenvalue weighted by molar-refractivity contribution is -0.0246. The van der Waals surface area contributed by atoms with E-state index >= 15 is 0 Å². The van der Waals surface area contributed by atoms with Gasteiger partial charge in [-0.1, -0.05) is 18.2 Å². The van der Waals surface area contributed by atoms with Crippen LogP contribution in [0.15, 0.2) is 34.7 Å². The van der Waals surface area contributed by atoms with Gasteiger partial charge in [-0.05, 0) is 19.1 Å². The largest absolute Gasteiger partial charge is 0.459 e. The van der Waals surface area contributed by atoms with Crippen LogP contribution in [0.3, 0.4) is 0 Å². The minimum Gasteiger partial charge on any atom is -0.459 e. The summed E-state index contributed by atoms with van der Waals surface area (Å²) in [5.41, 5.74) is 6.90. The maximum absolute atomic E-state index is 5.98. The van der Waals surface area contributed by atoms with Gasteiger partial charge in [0.15, 0.2) is 0 Å². The van der Waals surface area contributed by atoms with Crippen LogP contribution in [0.5, 0.6) is 0 Å². The van der Waals surface area contributed by atoms with E-state index in [1.165, 1.54) is 0 Å². The maximum Gasteiger partial charge on any atom is 0.134 e. The SMILES string of the molecule is CC1COCCN1C(CN)c1cc2ccccc2o1. The highest BCUT2D eigenvalue weighted by molar-refractivity contribution is 5.77. The Balaban J connectivity index is 1.92. The lowest BCUT2D eigenvalue weighted by Crippen LogP contribution is -2.47. The van der Waals surface area contributed by atoms with Gasteiger partial charge in [0.05, 0.1) is 19.3 Å². The van der Waals surface area contributed by atoms with Crippen molar-refractivity contribution in [3.05, 3.63) is 36.1 Å². The van der Waals surface area contributed by atoms with Gasteiger partial charge in [0.1, 0.15) is 11.3 Å². The fraction of sp³-hybridized carbons (Fsp3) is 0.467. The molecule has 1 aromatic heterocycles. The zero-order chi connectivity index (χ0) is 13.2. The molecule has 0 radical (unpaired) electrons. The van der Waals surface area contributed by atoms with Crippen LogP contribution in [0.25, 0.3) is 11.0 Å². The van der Waals surface area contributed by atoms with Crippen LogP contribution in [0.4, 0.5) is 0 Å². The van der Waals surface area contributed by atoms with Crippen LogP contribution < -0.4 is 5.73 Å². The van der Waals surface area contributed by atoms with Crippen LogP contribution in [0.1, 0.15) is 18.7 Å². The predicted molar refractivity (Wildman–Crippen MR) is 75.0 cm³/mol. The van der Waals surface area contributed by atoms with Crippen LogP contribution in [0, 0.1) is 0 Å². The quantitative estimate of drug-likeness (QED) is 0.918. The van der Waals surface area contributed by atoms with Gasteiger partial charge in [0.2, 0.25) is 0 Å². The molecule has 1 aliphatic heterocycles. The van der Waals surface area contributed by atoms with E-state index in [0.717, 1.165) is 36.5 Å². The molecule has 4 nitrogen and oxygen atoms in total. The molecule has 1 saturated heterocycles. The van der Waals surface area contributed by atoms with Gasteiger partial charge < -0.3 is 14.9 Å². The minimum atomic E-state index is 0.131. The second-order valence-electron chi connectivity index (χ2n) is 5.10. The Hall–Kier alpha value is -1.36. The van der Waals surface area contributed by atoms with E-state index < -0.39 is 0 Å². The van der Waals surface area contributed by atoms with Gasteiger partial charge in [-0.25, -0.2) is 0 Å². The first-order valence-corrected chi connectivity index (χ1v) is 6.81. The smallest absolute Gasteiger partial charge is 0.134 e. The first-order chi connectivity index (χ1) is 9.29. The van der Waals surface area contributed by atoms with Crippen molar-refractivity contribution in [3.8, 4) is 0 Å². The van der Waals surface area contributed by atoms with E-state index in [0.29, 0.717) is 12.6 Å². The molecule has 2 aromatic rings. The van der Waals surface area contributed by atoms with Gasteiger partial charge in [-0.15, -0.1) is 0 Å². The van der Waals surface area contributed by atoms with Crippen molar-refractivity contribution in [2.24, 2.45) is 5.73 Å². The molecule has 2 atom stereocenters. The summed E-state index contributed by atoms with van der Waals surface area (Å²) >= 11 is 0. The van der Waals surface area contributed by atoms with Crippen molar-refractivity contribution < 1.29 is 9.15 Å². The summed E-state index contributed by atoms with van der Waals surface area (Å²) in [6, 6.07) is 10.7. The van der Waals surface area contributed by atoms with E-state index in [1.807, 2.05) is 18.2 Å². The normalized spacial score (nSPS) is 22.7. The van der Waals surface area contributed by atoms with Crippen molar-refractivity contribution in [1.82, 2.24) is 4.90 Å². The predicted octanol–water partition coefficient (Wildman–Crippen LogP) is 2.15. The fourth-order valence-electron chi connectivity index (χ4n) is 2.78. The molecule has 2 N–H and O–H groups in total. The summed E-state index contributed by atoms with van der Waals surface area (Å²) in [7, 11) is 0. The van der Waals surface area contributed by atoms with E-state index in [2.05, 4.69) is 24.0 Å². The first-order valence-electron chi connectivity index (χ1n) is 6.81. The summed E-state index contributed by atoms with van der Waals surface area (Å²) in [6.45, 7) is 5.16. The third-order valence-electron chi connectivity index (χ3n) is 3.82. The maximum atomic E-state index is 5.98. The fourth-order valence-corrected chi connectivity index (χ4v) is 2.78. The van der Waals surface area contributed by atoms with Crippen LogP contribution >= 0.6 is 0 Å². The summed E-state index contributed by atoms with van der Waals surface area (Å²) in [6.07, 6.45) is 0. The number of fused-ring (bicyclic) bond motifs is 1. The molecule has 2 unspecified atom stereocenters. The molecule has 0 bridgehead atoms. The van der Waals surface area contributed by atoms with E-state index in [1.54, 1.807) is 0 Å². The van der Waals surface area contributed by atoms with Gasteiger partial charge in [-0.3, -0.25) is 4.90 Å². The number of furan rings is 1. The Labute approximate surface area is 113 Å².